The lowest BCUT2D eigenvalue weighted by Crippen LogP contribution is -2.32. The van der Waals surface area contributed by atoms with Gasteiger partial charge < -0.3 is 14.7 Å². The summed E-state index contributed by atoms with van der Waals surface area (Å²) in [5, 5.41) is 8.27. The fourth-order valence-electron chi connectivity index (χ4n) is 3.37. The number of carbonyl (C=O) groups excluding carboxylic acids is 1. The van der Waals surface area contributed by atoms with Gasteiger partial charge in [-0.25, -0.2) is 9.48 Å². The van der Waals surface area contributed by atoms with E-state index in [1.807, 2.05) is 24.4 Å². The minimum absolute atomic E-state index is 0.170. The van der Waals surface area contributed by atoms with Gasteiger partial charge in [0.1, 0.15) is 0 Å². The van der Waals surface area contributed by atoms with Crippen LogP contribution < -0.4 is 11.0 Å². The molecule has 0 bridgehead atoms. The van der Waals surface area contributed by atoms with Crippen molar-refractivity contribution in [1.82, 2.24) is 24.6 Å². The van der Waals surface area contributed by atoms with Gasteiger partial charge in [0.2, 0.25) is 5.82 Å². The number of aromatic amines is 1. The van der Waals surface area contributed by atoms with Crippen LogP contribution >= 0.6 is 0 Å². The van der Waals surface area contributed by atoms with E-state index < -0.39 is 0 Å². The van der Waals surface area contributed by atoms with E-state index in [0.717, 1.165) is 23.7 Å². The van der Waals surface area contributed by atoms with Gasteiger partial charge in [-0.1, -0.05) is 0 Å². The fourth-order valence-corrected chi connectivity index (χ4v) is 3.37. The first kappa shape index (κ1) is 16.6. The Kier molecular flexibility index (Phi) is 3.89. The Hall–Kier alpha value is -3.55. The highest BCUT2D eigenvalue weighted by molar-refractivity contribution is 5.98. The number of furan rings is 1. The second-order valence-electron chi connectivity index (χ2n) is 6.94. The van der Waals surface area contributed by atoms with Gasteiger partial charge in [-0.15, -0.1) is 5.10 Å². The molecule has 3 heterocycles. The van der Waals surface area contributed by atoms with E-state index in [1.165, 1.54) is 4.68 Å². The molecule has 8 nitrogen and oxygen atoms in total. The molecule has 0 saturated heterocycles. The number of nitrogens with one attached hydrogen (secondary N) is 2. The van der Waals surface area contributed by atoms with Crippen LogP contribution in [0, 0.1) is 0 Å². The van der Waals surface area contributed by atoms with Crippen LogP contribution in [0.4, 0.5) is 0 Å². The van der Waals surface area contributed by atoms with Gasteiger partial charge in [0, 0.05) is 35.2 Å². The zero-order valence-corrected chi connectivity index (χ0v) is 15.1. The van der Waals surface area contributed by atoms with Gasteiger partial charge in [-0.2, -0.15) is 0 Å². The standard InChI is InChI=1S/C20H19N5O3/c26-19(14-3-6-16-13(12-14)7-8-21-16)22-9-10-24-20(27)25(15-4-5-15)18(23-24)17-2-1-11-28-17/h1-3,6-8,11-12,15,21H,4-5,9-10H2,(H,22,26). The van der Waals surface area contributed by atoms with Gasteiger partial charge >= 0.3 is 5.69 Å². The molecule has 1 aliphatic carbocycles. The molecule has 28 heavy (non-hydrogen) atoms. The molecule has 1 aliphatic rings. The first-order valence-corrected chi connectivity index (χ1v) is 9.29. The summed E-state index contributed by atoms with van der Waals surface area (Å²) >= 11 is 0. The van der Waals surface area contributed by atoms with E-state index in [-0.39, 0.29) is 17.6 Å². The van der Waals surface area contributed by atoms with E-state index >= 15 is 0 Å². The summed E-state index contributed by atoms with van der Waals surface area (Å²) in [6.45, 7) is 0.605. The van der Waals surface area contributed by atoms with Gasteiger partial charge in [0.25, 0.3) is 5.91 Å². The first-order valence-electron chi connectivity index (χ1n) is 9.29. The molecule has 3 aromatic heterocycles. The maximum absolute atomic E-state index is 12.7. The minimum Gasteiger partial charge on any atom is -0.461 e. The van der Waals surface area contributed by atoms with Crippen LogP contribution in [0.1, 0.15) is 29.2 Å². The topological polar surface area (TPSA) is 97.8 Å². The second-order valence-corrected chi connectivity index (χ2v) is 6.94. The van der Waals surface area contributed by atoms with Crippen LogP contribution in [-0.4, -0.2) is 31.8 Å². The zero-order chi connectivity index (χ0) is 19.1. The third-order valence-electron chi connectivity index (χ3n) is 4.95. The van der Waals surface area contributed by atoms with Crippen molar-refractivity contribution < 1.29 is 9.21 Å². The average molecular weight is 377 g/mol. The molecule has 1 fully saturated rings. The number of H-pyrrole nitrogens is 1. The average Bonchev–Trinajstić information content (AvgIpc) is 3.11. The molecule has 1 amide bonds. The summed E-state index contributed by atoms with van der Waals surface area (Å²) in [4.78, 5) is 28.2. The van der Waals surface area contributed by atoms with Crippen LogP contribution in [0.5, 0.6) is 0 Å². The summed E-state index contributed by atoms with van der Waals surface area (Å²) in [6.07, 6.45) is 5.35. The number of fused-ring (bicyclic) bond motifs is 1. The fraction of sp³-hybridized carbons (Fsp3) is 0.250. The molecule has 0 spiro atoms. The van der Waals surface area contributed by atoms with Gasteiger partial charge in [-0.3, -0.25) is 9.36 Å². The number of hydrogen-bond acceptors (Lipinski definition) is 4. The maximum Gasteiger partial charge on any atom is 0.346 e. The first-order chi connectivity index (χ1) is 13.7. The third-order valence-corrected chi connectivity index (χ3v) is 4.95. The number of hydrogen-bond donors (Lipinski definition) is 2. The van der Waals surface area contributed by atoms with E-state index in [2.05, 4.69) is 15.4 Å². The molecule has 1 aromatic carbocycles. The number of nitrogens with zero attached hydrogens (tertiary/aromatic N) is 3. The predicted octanol–water partition coefficient (Wildman–Crippen LogP) is 2.55. The zero-order valence-electron chi connectivity index (χ0n) is 15.1. The lowest BCUT2D eigenvalue weighted by atomic mass is 10.1. The molecular formula is C20H19N5O3. The Morgan fingerprint density at radius 3 is 2.96 bits per heavy atom. The lowest BCUT2D eigenvalue weighted by Gasteiger charge is -2.05. The van der Waals surface area contributed by atoms with Crippen LogP contribution in [0.15, 0.2) is 58.1 Å². The number of rotatable bonds is 6. The molecule has 0 aliphatic heterocycles. The van der Waals surface area contributed by atoms with E-state index in [9.17, 15) is 9.59 Å². The van der Waals surface area contributed by atoms with E-state index in [0.29, 0.717) is 30.2 Å². The van der Waals surface area contributed by atoms with Crippen molar-refractivity contribution in [1.29, 1.82) is 0 Å². The predicted molar refractivity (Wildman–Crippen MR) is 103 cm³/mol. The monoisotopic (exact) mass is 377 g/mol. The quantitative estimate of drug-likeness (QED) is 0.539. The molecule has 8 heteroatoms. The van der Waals surface area contributed by atoms with Gasteiger partial charge in [-0.05, 0) is 49.2 Å². The third kappa shape index (κ3) is 2.92. The Bertz CT molecular complexity index is 1190. The van der Waals surface area contributed by atoms with Crippen LogP contribution in [0.25, 0.3) is 22.5 Å². The van der Waals surface area contributed by atoms with Crippen molar-refractivity contribution in [2.45, 2.75) is 25.4 Å². The molecular weight excluding hydrogens is 358 g/mol. The Morgan fingerprint density at radius 2 is 2.18 bits per heavy atom. The molecule has 1 saturated carbocycles. The van der Waals surface area contributed by atoms with Crippen molar-refractivity contribution in [3.63, 3.8) is 0 Å². The number of carbonyl (C=O) groups is 1. The molecule has 0 atom stereocenters. The summed E-state index contributed by atoms with van der Waals surface area (Å²) in [5.41, 5.74) is 1.40. The highest BCUT2D eigenvalue weighted by Gasteiger charge is 2.31. The Balaban J connectivity index is 1.31. The number of aromatic nitrogens is 4. The highest BCUT2D eigenvalue weighted by Crippen LogP contribution is 2.36. The molecule has 4 aromatic rings. The smallest absolute Gasteiger partial charge is 0.346 e. The van der Waals surface area contributed by atoms with Gasteiger partial charge in [0.05, 0.1) is 12.8 Å². The Labute approximate surface area is 159 Å². The van der Waals surface area contributed by atoms with Gasteiger partial charge in [0.15, 0.2) is 5.76 Å². The normalized spacial score (nSPS) is 13.9. The molecule has 5 rings (SSSR count). The van der Waals surface area contributed by atoms with E-state index in [1.54, 1.807) is 29.0 Å². The number of benzene rings is 1. The lowest BCUT2D eigenvalue weighted by molar-refractivity contribution is 0.0952. The summed E-state index contributed by atoms with van der Waals surface area (Å²) in [7, 11) is 0. The minimum atomic E-state index is -0.177. The molecule has 142 valence electrons. The van der Waals surface area contributed by atoms with E-state index in [4.69, 9.17) is 4.42 Å². The van der Waals surface area contributed by atoms with Crippen molar-refractivity contribution in [3.05, 3.63) is 64.9 Å². The van der Waals surface area contributed by atoms with Crippen molar-refractivity contribution in [2.75, 3.05) is 6.54 Å². The van der Waals surface area contributed by atoms with Crippen molar-refractivity contribution >= 4 is 16.8 Å². The van der Waals surface area contributed by atoms with Crippen LogP contribution in [0.2, 0.25) is 0 Å². The summed E-state index contributed by atoms with van der Waals surface area (Å²) in [5.74, 6) is 0.942. The Morgan fingerprint density at radius 1 is 1.29 bits per heavy atom. The summed E-state index contributed by atoms with van der Waals surface area (Å²) in [6, 6.07) is 11.2. The van der Waals surface area contributed by atoms with Crippen LogP contribution in [0.3, 0.4) is 0 Å². The molecule has 0 radical (unpaired) electrons. The highest BCUT2D eigenvalue weighted by atomic mass is 16.3. The molecule has 0 unspecified atom stereocenters. The van der Waals surface area contributed by atoms with Crippen molar-refractivity contribution in [3.8, 4) is 11.6 Å². The number of amides is 1. The SMILES string of the molecule is O=C(NCCn1nc(-c2ccco2)n(C2CC2)c1=O)c1ccc2[nH]ccc2c1. The van der Waals surface area contributed by atoms with Crippen LogP contribution in [-0.2, 0) is 6.54 Å². The molecule has 2 N–H and O–H groups in total. The maximum atomic E-state index is 12.7. The largest absolute Gasteiger partial charge is 0.461 e. The second kappa shape index (κ2) is 6.56. The summed E-state index contributed by atoms with van der Waals surface area (Å²) < 4.78 is 8.52. The van der Waals surface area contributed by atoms with Crippen molar-refractivity contribution in [2.24, 2.45) is 0 Å².